The number of fused-ring (bicyclic) bond motifs is 1. The van der Waals surface area contributed by atoms with E-state index in [1.165, 1.54) is 0 Å². The first kappa shape index (κ1) is 19.0. The van der Waals surface area contributed by atoms with Crippen LogP contribution in [0.25, 0.3) is 11.0 Å². The maximum absolute atomic E-state index is 13.1. The molecule has 3 aromatic rings. The number of allylic oxidation sites excluding steroid dienone is 1. The molecule has 1 aliphatic carbocycles. The van der Waals surface area contributed by atoms with Crippen LogP contribution in [-0.2, 0) is 6.42 Å². The van der Waals surface area contributed by atoms with E-state index in [0.717, 1.165) is 11.1 Å². The van der Waals surface area contributed by atoms with Gasteiger partial charge >= 0.3 is 0 Å². The third-order valence-electron chi connectivity index (χ3n) is 5.36. The number of hydrogen-bond acceptors (Lipinski definition) is 6. The van der Waals surface area contributed by atoms with Gasteiger partial charge in [-0.05, 0) is 17.7 Å². The molecule has 156 valence electrons. The van der Waals surface area contributed by atoms with E-state index in [0.29, 0.717) is 34.3 Å². The number of aromatic nitrogens is 4. The summed E-state index contributed by atoms with van der Waals surface area (Å²) in [6.45, 7) is 0. The van der Waals surface area contributed by atoms with E-state index >= 15 is 0 Å². The van der Waals surface area contributed by atoms with Crippen molar-refractivity contribution in [3.8, 4) is 0 Å². The van der Waals surface area contributed by atoms with Crippen molar-refractivity contribution in [1.29, 1.82) is 0 Å². The first-order valence-corrected chi connectivity index (χ1v) is 9.81. The van der Waals surface area contributed by atoms with E-state index in [2.05, 4.69) is 35.8 Å². The molecule has 1 aromatic carbocycles. The highest BCUT2D eigenvalue weighted by Crippen LogP contribution is 2.48. The van der Waals surface area contributed by atoms with Gasteiger partial charge in [-0.25, -0.2) is 13.8 Å². The van der Waals surface area contributed by atoms with E-state index in [1.807, 2.05) is 12.1 Å². The van der Waals surface area contributed by atoms with Gasteiger partial charge in [0.2, 0.25) is 5.92 Å². The molecule has 1 aliphatic heterocycles. The monoisotopic (exact) mass is 432 g/mol. The Labute approximate surface area is 175 Å². The van der Waals surface area contributed by atoms with Gasteiger partial charge in [-0.2, -0.15) is 5.10 Å². The number of anilines is 1. The molecule has 11 heteroatoms. The molecule has 1 atom stereocenters. The lowest BCUT2D eigenvalue weighted by Crippen LogP contribution is -2.55. The molecule has 0 spiro atoms. The molecule has 1 saturated carbocycles. The van der Waals surface area contributed by atoms with Gasteiger partial charge in [0.05, 0.1) is 16.9 Å². The van der Waals surface area contributed by atoms with Crippen LogP contribution in [0.1, 0.15) is 30.0 Å². The molecule has 0 bridgehead atoms. The fourth-order valence-corrected chi connectivity index (χ4v) is 4.07. The molecule has 0 saturated heterocycles. The number of aliphatic imine (C=N–C) groups is 1. The predicted octanol–water partition coefficient (Wildman–Crippen LogP) is 3.23. The molecule has 8 nitrogen and oxygen atoms in total. The fourth-order valence-electron chi connectivity index (χ4n) is 3.79. The molecule has 6 N–H and O–H groups in total. The van der Waals surface area contributed by atoms with Crippen molar-refractivity contribution in [3.05, 3.63) is 52.7 Å². The Morgan fingerprint density at radius 2 is 2.13 bits per heavy atom. The second kappa shape index (κ2) is 6.78. The van der Waals surface area contributed by atoms with Crippen LogP contribution in [0.5, 0.6) is 0 Å². The minimum Gasteiger partial charge on any atom is -0.345 e. The number of rotatable bonds is 5. The van der Waals surface area contributed by atoms with E-state index < -0.39 is 11.7 Å². The smallest absolute Gasteiger partial charge is 0.249 e. The van der Waals surface area contributed by atoms with Gasteiger partial charge in [0.1, 0.15) is 11.3 Å². The lowest BCUT2D eigenvalue weighted by atomic mass is 9.79. The molecule has 1 unspecified atom stereocenters. The van der Waals surface area contributed by atoms with Crippen LogP contribution in [0.2, 0.25) is 5.02 Å². The average molecular weight is 433 g/mol. The summed E-state index contributed by atoms with van der Waals surface area (Å²) >= 11 is 6.49. The van der Waals surface area contributed by atoms with Crippen molar-refractivity contribution in [2.45, 2.75) is 36.9 Å². The van der Waals surface area contributed by atoms with Gasteiger partial charge in [-0.1, -0.05) is 17.7 Å². The largest absolute Gasteiger partial charge is 0.345 e. The number of H-pyrrole nitrogens is 2. The highest BCUT2D eigenvalue weighted by atomic mass is 35.5. The maximum atomic E-state index is 13.1. The quantitative estimate of drug-likeness (QED) is 0.424. The first-order valence-electron chi connectivity index (χ1n) is 9.43. The number of imidazole rings is 1. The molecular formula is C19H19ClF2N8. The summed E-state index contributed by atoms with van der Waals surface area (Å²) in [5.74, 6) is -2.81. The van der Waals surface area contributed by atoms with Crippen molar-refractivity contribution in [2.75, 3.05) is 5.32 Å². The van der Waals surface area contributed by atoms with Gasteiger partial charge < -0.3 is 15.6 Å². The van der Waals surface area contributed by atoms with Crippen LogP contribution in [-0.4, -0.2) is 38.1 Å². The van der Waals surface area contributed by atoms with E-state index in [9.17, 15) is 8.78 Å². The van der Waals surface area contributed by atoms with Gasteiger partial charge in [0.25, 0.3) is 0 Å². The number of alkyl halides is 2. The average Bonchev–Trinajstić information content (AvgIpc) is 3.32. The highest BCUT2D eigenvalue weighted by Gasteiger charge is 2.46. The number of nitrogens with zero attached hydrogens (tertiary/aromatic N) is 3. The Hall–Kier alpha value is -2.98. The van der Waals surface area contributed by atoms with Crippen molar-refractivity contribution in [2.24, 2.45) is 10.7 Å². The maximum Gasteiger partial charge on any atom is 0.249 e. The number of benzene rings is 1. The van der Waals surface area contributed by atoms with Crippen LogP contribution in [0.3, 0.4) is 0 Å². The third kappa shape index (κ3) is 3.52. The molecule has 2 aromatic heterocycles. The van der Waals surface area contributed by atoms with E-state index in [-0.39, 0.29) is 18.8 Å². The minimum atomic E-state index is -2.58. The van der Waals surface area contributed by atoms with E-state index in [4.69, 9.17) is 17.3 Å². The first-order chi connectivity index (χ1) is 14.3. The lowest BCUT2D eigenvalue weighted by molar-refractivity contribution is -0.0876. The summed E-state index contributed by atoms with van der Waals surface area (Å²) in [5.41, 5.74) is 9.46. The normalized spacial score (nSPS) is 23.1. The molecule has 0 radical (unpaired) electrons. The Bertz CT molecular complexity index is 1160. The number of hydrogen-bond donors (Lipinski definition) is 5. The number of nitrogens with one attached hydrogen (secondary N) is 4. The Morgan fingerprint density at radius 3 is 2.93 bits per heavy atom. The zero-order valence-corrected chi connectivity index (χ0v) is 16.5. The minimum absolute atomic E-state index is 0.157. The molecule has 3 heterocycles. The van der Waals surface area contributed by atoms with Gasteiger partial charge in [-0.15, -0.1) is 0 Å². The van der Waals surface area contributed by atoms with Crippen LogP contribution < -0.4 is 16.4 Å². The second-order valence-electron chi connectivity index (χ2n) is 7.72. The van der Waals surface area contributed by atoms with Gasteiger partial charge in [-0.3, -0.25) is 15.8 Å². The third-order valence-corrected chi connectivity index (χ3v) is 5.78. The van der Waals surface area contributed by atoms with Crippen LogP contribution in [0.15, 0.2) is 41.4 Å². The Balaban J connectivity index is 1.27. The van der Waals surface area contributed by atoms with Gasteiger partial charge in [0.15, 0.2) is 11.6 Å². The summed E-state index contributed by atoms with van der Waals surface area (Å²) in [7, 11) is 0. The van der Waals surface area contributed by atoms with E-state index in [1.54, 1.807) is 24.7 Å². The summed E-state index contributed by atoms with van der Waals surface area (Å²) in [5, 5.41) is 13.8. The van der Waals surface area contributed by atoms with Gasteiger partial charge in [0, 0.05) is 43.2 Å². The molecule has 2 aliphatic rings. The summed E-state index contributed by atoms with van der Waals surface area (Å²) < 4.78 is 26.2. The number of halogens is 3. The summed E-state index contributed by atoms with van der Waals surface area (Å²) in [6.07, 6.45) is 4.91. The van der Waals surface area contributed by atoms with Crippen LogP contribution >= 0.6 is 11.6 Å². The summed E-state index contributed by atoms with van der Waals surface area (Å²) in [6, 6.07) is 5.51. The second-order valence-corrected chi connectivity index (χ2v) is 8.09. The lowest BCUT2D eigenvalue weighted by Gasteiger charge is -2.33. The molecular weight excluding hydrogens is 414 g/mol. The van der Waals surface area contributed by atoms with Crippen molar-refractivity contribution in [1.82, 2.24) is 25.5 Å². The van der Waals surface area contributed by atoms with Crippen LogP contribution in [0, 0.1) is 0 Å². The zero-order valence-electron chi connectivity index (χ0n) is 15.7. The summed E-state index contributed by atoms with van der Waals surface area (Å²) in [4.78, 5) is 11.6. The van der Waals surface area contributed by atoms with Crippen LogP contribution in [0.4, 0.5) is 14.6 Å². The zero-order chi connectivity index (χ0) is 20.9. The molecule has 1 fully saturated rings. The Kier molecular flexibility index (Phi) is 4.30. The molecule has 5 rings (SSSR count). The van der Waals surface area contributed by atoms with Crippen molar-refractivity contribution >= 4 is 34.7 Å². The van der Waals surface area contributed by atoms with Crippen molar-refractivity contribution < 1.29 is 8.78 Å². The SMILES string of the molecule is NC1(Cc2ccc3[nH]cnc3c2Cl)N=CC=C(Nc2cc(C3CC(F)(F)C3)[nH]n2)N1. The predicted molar refractivity (Wildman–Crippen MR) is 111 cm³/mol. The highest BCUT2D eigenvalue weighted by molar-refractivity contribution is 6.35. The van der Waals surface area contributed by atoms with Crippen molar-refractivity contribution in [3.63, 3.8) is 0 Å². The topological polar surface area (TPSA) is 120 Å². The fraction of sp³-hybridized carbons (Fsp3) is 0.316. The molecule has 30 heavy (non-hydrogen) atoms. The molecule has 0 amide bonds. The Morgan fingerprint density at radius 1 is 1.30 bits per heavy atom. The number of aromatic amines is 2. The number of nitrogens with two attached hydrogens (primary N) is 1. The standard InChI is InChI=1S/C19H19ClF2N8/c20-16-10(1-2-12-17(16)25-9-24-12)8-19(23)26-4-3-14(28-19)27-15-5-13(29-30-15)11-6-18(21,22)7-11/h1-5,9,11,28H,6-8,23H2,(H,24,25)(H2,27,29,30).